The second-order valence-corrected chi connectivity index (χ2v) is 3.58. The van der Waals surface area contributed by atoms with Gasteiger partial charge in [0.2, 0.25) is 0 Å². The molecule has 1 aliphatic rings. The lowest BCUT2D eigenvalue weighted by molar-refractivity contribution is -0.139. The van der Waals surface area contributed by atoms with Crippen molar-refractivity contribution in [3.63, 3.8) is 0 Å². The first-order valence-corrected chi connectivity index (χ1v) is 5.15. The molecule has 1 aliphatic heterocycles. The number of carbonyl (C=O) groups is 1. The number of hydrogen-bond acceptors (Lipinski definition) is 4. The third kappa shape index (κ3) is 3.52. The monoisotopic (exact) mass is 221 g/mol. The number of nitrogens with zero attached hydrogens (tertiary/aromatic N) is 1. The van der Waals surface area contributed by atoms with Crippen LogP contribution in [0.1, 0.15) is 13.3 Å². The van der Waals surface area contributed by atoms with E-state index in [0.29, 0.717) is 6.42 Å². The highest BCUT2D eigenvalue weighted by molar-refractivity contribution is 5.65. The Morgan fingerprint density at radius 2 is 2.50 bits per heavy atom. The molecule has 86 valence electrons. The highest BCUT2D eigenvalue weighted by Crippen LogP contribution is 2.27. The summed E-state index contributed by atoms with van der Waals surface area (Å²) in [6.45, 7) is 5.23. The van der Waals surface area contributed by atoms with Gasteiger partial charge < -0.3 is 9.47 Å². The predicted molar refractivity (Wildman–Crippen MR) is 58.4 cm³/mol. The fourth-order valence-electron chi connectivity index (χ4n) is 1.58. The van der Waals surface area contributed by atoms with Crippen LogP contribution in [0.3, 0.4) is 0 Å². The van der Waals surface area contributed by atoms with Crippen molar-refractivity contribution < 1.29 is 14.3 Å². The van der Waals surface area contributed by atoms with E-state index < -0.39 is 0 Å². The summed E-state index contributed by atoms with van der Waals surface area (Å²) < 4.78 is 10.3. The van der Waals surface area contributed by atoms with E-state index in [0.717, 1.165) is 0 Å². The molecule has 0 aliphatic carbocycles. The minimum absolute atomic E-state index is 0.0943. The smallest absolute Gasteiger partial charge is 0.302 e. The lowest BCUT2D eigenvalue weighted by Crippen LogP contribution is -2.10. The molecule has 4 nitrogen and oxygen atoms in total. The number of nitriles is 1. The van der Waals surface area contributed by atoms with Crippen molar-refractivity contribution in [1.29, 1.82) is 5.26 Å². The molecule has 1 saturated heterocycles. The first-order valence-electron chi connectivity index (χ1n) is 5.15. The molecule has 16 heavy (non-hydrogen) atoms. The van der Waals surface area contributed by atoms with Crippen molar-refractivity contribution in [3.8, 4) is 6.07 Å². The topological polar surface area (TPSA) is 59.3 Å². The molecule has 0 radical (unpaired) electrons. The Bertz CT molecular complexity index is 330. The van der Waals surface area contributed by atoms with Gasteiger partial charge in [-0.15, -0.1) is 6.58 Å². The average molecular weight is 221 g/mol. The summed E-state index contributed by atoms with van der Waals surface area (Å²) in [6, 6.07) is 2.19. The molecule has 1 heterocycles. The van der Waals surface area contributed by atoms with Crippen LogP contribution in [-0.2, 0) is 14.3 Å². The van der Waals surface area contributed by atoms with Gasteiger partial charge in [0.25, 0.3) is 0 Å². The molecule has 0 aromatic rings. The van der Waals surface area contributed by atoms with Gasteiger partial charge in [-0.1, -0.05) is 12.2 Å². The van der Waals surface area contributed by atoms with Crippen LogP contribution in [0.25, 0.3) is 0 Å². The SMILES string of the molecule is C=C[C@@H]1O[C@H](/C=C\COC(C)=O)C[C@@H]1C#N. The summed E-state index contributed by atoms with van der Waals surface area (Å²) in [5.74, 6) is -0.447. The van der Waals surface area contributed by atoms with E-state index in [1.54, 1.807) is 12.2 Å². The largest absolute Gasteiger partial charge is 0.462 e. The first-order chi connectivity index (χ1) is 7.67. The minimum Gasteiger partial charge on any atom is -0.462 e. The van der Waals surface area contributed by atoms with E-state index >= 15 is 0 Å². The maximum absolute atomic E-state index is 10.5. The summed E-state index contributed by atoms with van der Waals surface area (Å²) in [4.78, 5) is 10.5. The van der Waals surface area contributed by atoms with Gasteiger partial charge in [-0.05, 0) is 12.5 Å². The van der Waals surface area contributed by atoms with Gasteiger partial charge in [0.1, 0.15) is 6.61 Å². The maximum atomic E-state index is 10.5. The van der Waals surface area contributed by atoms with Crippen molar-refractivity contribution in [2.24, 2.45) is 5.92 Å². The molecule has 4 heteroatoms. The Labute approximate surface area is 95.1 Å². The van der Waals surface area contributed by atoms with Crippen LogP contribution in [-0.4, -0.2) is 24.8 Å². The molecular formula is C12H15NO3. The van der Waals surface area contributed by atoms with E-state index in [-0.39, 0.29) is 30.7 Å². The van der Waals surface area contributed by atoms with Crippen LogP contribution in [0.2, 0.25) is 0 Å². The van der Waals surface area contributed by atoms with E-state index in [2.05, 4.69) is 12.6 Å². The zero-order valence-corrected chi connectivity index (χ0v) is 9.26. The van der Waals surface area contributed by atoms with E-state index in [1.807, 2.05) is 6.08 Å². The van der Waals surface area contributed by atoms with Gasteiger partial charge in [0, 0.05) is 6.92 Å². The summed E-state index contributed by atoms with van der Waals surface area (Å²) in [7, 11) is 0. The van der Waals surface area contributed by atoms with Crippen LogP contribution < -0.4 is 0 Å². The molecule has 0 unspecified atom stereocenters. The van der Waals surface area contributed by atoms with E-state index in [4.69, 9.17) is 14.7 Å². The van der Waals surface area contributed by atoms with Crippen molar-refractivity contribution in [2.75, 3.05) is 6.61 Å². The second-order valence-electron chi connectivity index (χ2n) is 3.58. The zero-order valence-electron chi connectivity index (χ0n) is 9.26. The second kappa shape index (κ2) is 6.09. The molecule has 0 aromatic heterocycles. The molecule has 1 rings (SSSR count). The molecule has 3 atom stereocenters. The van der Waals surface area contributed by atoms with Crippen molar-refractivity contribution in [1.82, 2.24) is 0 Å². The Morgan fingerprint density at radius 1 is 1.75 bits per heavy atom. The van der Waals surface area contributed by atoms with Crippen LogP contribution in [0.15, 0.2) is 24.8 Å². The summed E-state index contributed by atoms with van der Waals surface area (Å²) in [5, 5.41) is 8.86. The molecule has 0 spiro atoms. The normalized spacial score (nSPS) is 28.9. The summed E-state index contributed by atoms with van der Waals surface area (Å²) in [6.07, 6.45) is 5.55. The first kappa shape index (κ1) is 12.5. The van der Waals surface area contributed by atoms with Crippen LogP contribution in [0.4, 0.5) is 0 Å². The average Bonchev–Trinajstić information content (AvgIpc) is 2.66. The molecule has 0 saturated carbocycles. The minimum atomic E-state index is -0.309. The fraction of sp³-hybridized carbons (Fsp3) is 0.500. The van der Waals surface area contributed by atoms with Crippen LogP contribution in [0.5, 0.6) is 0 Å². The quantitative estimate of drug-likeness (QED) is 0.534. The maximum Gasteiger partial charge on any atom is 0.302 e. The Morgan fingerprint density at radius 3 is 3.00 bits per heavy atom. The highest BCUT2D eigenvalue weighted by Gasteiger charge is 2.31. The van der Waals surface area contributed by atoms with Gasteiger partial charge in [-0.2, -0.15) is 5.26 Å². The predicted octanol–water partition coefficient (Wildman–Crippen LogP) is 1.59. The highest BCUT2D eigenvalue weighted by atomic mass is 16.5. The number of esters is 1. The van der Waals surface area contributed by atoms with E-state index in [1.165, 1.54) is 6.92 Å². The van der Waals surface area contributed by atoms with Gasteiger partial charge in [0.15, 0.2) is 0 Å². The number of carbonyl (C=O) groups excluding carboxylic acids is 1. The van der Waals surface area contributed by atoms with Crippen molar-refractivity contribution >= 4 is 5.97 Å². The zero-order chi connectivity index (χ0) is 12.0. The lowest BCUT2D eigenvalue weighted by Gasteiger charge is -2.06. The van der Waals surface area contributed by atoms with Crippen molar-refractivity contribution in [2.45, 2.75) is 25.6 Å². The third-order valence-corrected chi connectivity index (χ3v) is 2.35. The molecule has 0 aromatic carbocycles. The summed E-state index contributed by atoms with van der Waals surface area (Å²) >= 11 is 0. The van der Waals surface area contributed by atoms with Gasteiger partial charge in [0.05, 0.1) is 24.2 Å². The van der Waals surface area contributed by atoms with Gasteiger partial charge in [-0.3, -0.25) is 4.79 Å². The van der Waals surface area contributed by atoms with Crippen LogP contribution in [0, 0.1) is 17.2 Å². The fourth-order valence-corrected chi connectivity index (χ4v) is 1.58. The molecule has 0 bridgehead atoms. The van der Waals surface area contributed by atoms with E-state index in [9.17, 15) is 4.79 Å². The van der Waals surface area contributed by atoms with Crippen LogP contribution >= 0.6 is 0 Å². The summed E-state index contributed by atoms with van der Waals surface area (Å²) in [5.41, 5.74) is 0. The standard InChI is InChI=1S/C12H15NO3/c1-3-12-10(8-13)7-11(16-12)5-4-6-15-9(2)14/h3-5,10-12H,1,6-7H2,2H3/b5-4-/t10-,11-,12+/m1/s1. The number of hydrogen-bond donors (Lipinski definition) is 0. The van der Waals surface area contributed by atoms with Gasteiger partial charge in [-0.25, -0.2) is 0 Å². The number of ether oxygens (including phenoxy) is 2. The molecule has 0 amide bonds. The molecule has 1 fully saturated rings. The van der Waals surface area contributed by atoms with Gasteiger partial charge >= 0.3 is 5.97 Å². The Kier molecular flexibility index (Phi) is 4.74. The number of rotatable bonds is 4. The molecular weight excluding hydrogens is 206 g/mol. The third-order valence-electron chi connectivity index (χ3n) is 2.35. The van der Waals surface area contributed by atoms with Crippen molar-refractivity contribution in [3.05, 3.63) is 24.8 Å². The Balaban J connectivity index is 2.38. The molecule has 0 N–H and O–H groups in total. The lowest BCUT2D eigenvalue weighted by atomic mass is 10.0. The Hall–Kier alpha value is -1.60.